The van der Waals surface area contributed by atoms with Gasteiger partial charge >= 0.3 is 5.97 Å². The molecular weight excluding hydrogens is 286 g/mol. The SMILES string of the molecule is O=C(O)CN1C(=O)SC(=Cc2ccc(O)c(O)c2)C1=O. The summed E-state index contributed by atoms with van der Waals surface area (Å²) in [7, 11) is 0. The van der Waals surface area contributed by atoms with Crippen LogP contribution in [0.15, 0.2) is 23.1 Å². The zero-order valence-electron chi connectivity index (χ0n) is 9.94. The summed E-state index contributed by atoms with van der Waals surface area (Å²) in [6.07, 6.45) is 1.34. The highest BCUT2D eigenvalue weighted by Crippen LogP contribution is 2.33. The Morgan fingerprint density at radius 2 is 1.95 bits per heavy atom. The Balaban J connectivity index is 2.27. The second-order valence-corrected chi connectivity index (χ2v) is 4.90. The Bertz CT molecular complexity index is 639. The molecule has 2 rings (SSSR count). The molecule has 0 aromatic heterocycles. The molecule has 104 valence electrons. The van der Waals surface area contributed by atoms with Gasteiger partial charge in [-0.15, -0.1) is 0 Å². The summed E-state index contributed by atoms with van der Waals surface area (Å²) < 4.78 is 0. The molecule has 1 aliphatic heterocycles. The number of carboxylic acid groups (broad SMARTS) is 1. The number of carbonyl (C=O) groups is 3. The quantitative estimate of drug-likeness (QED) is 0.567. The molecule has 1 aromatic rings. The van der Waals surface area contributed by atoms with E-state index in [9.17, 15) is 19.5 Å². The molecule has 0 bridgehead atoms. The van der Waals surface area contributed by atoms with Gasteiger partial charge < -0.3 is 15.3 Å². The number of amides is 2. The maximum absolute atomic E-state index is 11.8. The van der Waals surface area contributed by atoms with Crippen LogP contribution < -0.4 is 0 Å². The Morgan fingerprint density at radius 1 is 1.25 bits per heavy atom. The molecular formula is C12H9NO6S. The number of thioether (sulfide) groups is 1. The van der Waals surface area contributed by atoms with Crippen molar-refractivity contribution < 1.29 is 29.7 Å². The number of carbonyl (C=O) groups excluding carboxylic acids is 2. The van der Waals surface area contributed by atoms with Crippen LogP contribution in [0.25, 0.3) is 6.08 Å². The summed E-state index contributed by atoms with van der Waals surface area (Å²) in [6.45, 7) is -0.692. The van der Waals surface area contributed by atoms with Crippen molar-refractivity contribution in [1.82, 2.24) is 4.90 Å². The number of nitrogens with zero attached hydrogens (tertiary/aromatic N) is 1. The van der Waals surface area contributed by atoms with E-state index >= 15 is 0 Å². The fraction of sp³-hybridized carbons (Fsp3) is 0.0833. The molecule has 1 aliphatic rings. The van der Waals surface area contributed by atoms with E-state index in [1.165, 1.54) is 24.3 Å². The van der Waals surface area contributed by atoms with E-state index in [0.29, 0.717) is 22.2 Å². The number of benzene rings is 1. The van der Waals surface area contributed by atoms with Crippen LogP contribution in [-0.2, 0) is 9.59 Å². The summed E-state index contributed by atoms with van der Waals surface area (Å²) in [5, 5.41) is 26.5. The van der Waals surface area contributed by atoms with E-state index in [4.69, 9.17) is 10.2 Å². The smallest absolute Gasteiger partial charge is 0.323 e. The first kappa shape index (κ1) is 13.9. The van der Waals surface area contributed by atoms with E-state index in [1.54, 1.807) is 0 Å². The minimum Gasteiger partial charge on any atom is -0.504 e. The van der Waals surface area contributed by atoms with Crippen LogP contribution in [0.3, 0.4) is 0 Å². The van der Waals surface area contributed by atoms with Crippen LogP contribution in [0, 0.1) is 0 Å². The van der Waals surface area contributed by atoms with Crippen molar-refractivity contribution in [3.8, 4) is 11.5 Å². The summed E-state index contributed by atoms with van der Waals surface area (Å²) in [6, 6.07) is 3.91. The minimum absolute atomic E-state index is 0.0568. The average Bonchev–Trinajstić information content (AvgIpc) is 2.61. The van der Waals surface area contributed by atoms with Gasteiger partial charge in [0, 0.05) is 0 Å². The van der Waals surface area contributed by atoms with Crippen molar-refractivity contribution in [3.63, 3.8) is 0 Å². The fourth-order valence-corrected chi connectivity index (χ4v) is 2.39. The number of phenols is 2. The molecule has 0 saturated carbocycles. The molecule has 1 fully saturated rings. The normalized spacial score (nSPS) is 17.0. The first-order chi connectivity index (χ1) is 9.38. The van der Waals surface area contributed by atoms with Crippen molar-refractivity contribution in [3.05, 3.63) is 28.7 Å². The van der Waals surface area contributed by atoms with Crippen LogP contribution >= 0.6 is 11.8 Å². The molecule has 0 spiro atoms. The molecule has 0 aliphatic carbocycles. The Labute approximate surface area is 117 Å². The van der Waals surface area contributed by atoms with E-state index in [1.807, 2.05) is 0 Å². The topological polar surface area (TPSA) is 115 Å². The van der Waals surface area contributed by atoms with Gasteiger partial charge in [0.25, 0.3) is 11.1 Å². The molecule has 3 N–H and O–H groups in total. The van der Waals surface area contributed by atoms with E-state index < -0.39 is 23.7 Å². The third-order valence-electron chi connectivity index (χ3n) is 2.46. The molecule has 0 radical (unpaired) electrons. The predicted octanol–water partition coefficient (Wildman–Crippen LogP) is 1.22. The highest BCUT2D eigenvalue weighted by atomic mass is 32.2. The maximum atomic E-state index is 11.8. The molecule has 0 unspecified atom stereocenters. The minimum atomic E-state index is -1.28. The average molecular weight is 295 g/mol. The lowest BCUT2D eigenvalue weighted by Crippen LogP contribution is -2.33. The second-order valence-electron chi connectivity index (χ2n) is 3.91. The van der Waals surface area contributed by atoms with Gasteiger partial charge in [-0.3, -0.25) is 19.3 Å². The monoisotopic (exact) mass is 295 g/mol. The predicted molar refractivity (Wildman–Crippen MR) is 70.1 cm³/mol. The van der Waals surface area contributed by atoms with Crippen molar-refractivity contribution in [1.29, 1.82) is 0 Å². The number of phenolic OH excluding ortho intramolecular Hbond substituents is 2. The van der Waals surface area contributed by atoms with Gasteiger partial charge in [0.2, 0.25) is 0 Å². The van der Waals surface area contributed by atoms with E-state index in [2.05, 4.69) is 0 Å². The largest absolute Gasteiger partial charge is 0.504 e. The third-order valence-corrected chi connectivity index (χ3v) is 3.37. The van der Waals surface area contributed by atoms with Gasteiger partial charge in [0.15, 0.2) is 11.5 Å². The number of rotatable bonds is 3. The van der Waals surface area contributed by atoms with Crippen LogP contribution in [0.2, 0.25) is 0 Å². The highest BCUT2D eigenvalue weighted by molar-refractivity contribution is 8.18. The molecule has 20 heavy (non-hydrogen) atoms. The Kier molecular flexibility index (Phi) is 3.66. The lowest BCUT2D eigenvalue weighted by Gasteiger charge is -2.07. The van der Waals surface area contributed by atoms with Gasteiger partial charge in [-0.05, 0) is 35.5 Å². The van der Waals surface area contributed by atoms with Crippen molar-refractivity contribution in [2.24, 2.45) is 0 Å². The molecule has 1 saturated heterocycles. The second kappa shape index (κ2) is 5.25. The van der Waals surface area contributed by atoms with Crippen LogP contribution in [-0.4, -0.2) is 43.9 Å². The first-order valence-electron chi connectivity index (χ1n) is 5.37. The summed E-state index contributed by atoms with van der Waals surface area (Å²) in [5.41, 5.74) is 0.404. The lowest BCUT2D eigenvalue weighted by molar-refractivity contribution is -0.140. The van der Waals surface area contributed by atoms with Gasteiger partial charge in [-0.25, -0.2) is 0 Å². The highest BCUT2D eigenvalue weighted by Gasteiger charge is 2.36. The summed E-state index contributed by atoms with van der Waals surface area (Å²) in [5.74, 6) is -2.64. The number of hydrogen-bond acceptors (Lipinski definition) is 6. The van der Waals surface area contributed by atoms with Crippen molar-refractivity contribution >= 4 is 35.0 Å². The van der Waals surface area contributed by atoms with Gasteiger partial charge in [-0.1, -0.05) is 6.07 Å². The van der Waals surface area contributed by atoms with E-state index in [-0.39, 0.29) is 16.4 Å². The number of hydrogen-bond donors (Lipinski definition) is 3. The van der Waals surface area contributed by atoms with Gasteiger partial charge in [0.1, 0.15) is 6.54 Å². The molecule has 8 heteroatoms. The maximum Gasteiger partial charge on any atom is 0.323 e. The van der Waals surface area contributed by atoms with Crippen molar-refractivity contribution in [2.75, 3.05) is 6.54 Å². The first-order valence-corrected chi connectivity index (χ1v) is 6.19. The van der Waals surface area contributed by atoms with Crippen molar-refractivity contribution in [2.45, 2.75) is 0 Å². The van der Waals surface area contributed by atoms with E-state index in [0.717, 1.165) is 0 Å². The standard InChI is InChI=1S/C12H9NO6S/c14-7-2-1-6(3-8(7)15)4-9-11(18)13(5-10(16)17)12(19)20-9/h1-4,14-15H,5H2,(H,16,17). The molecule has 0 atom stereocenters. The number of imide groups is 1. The molecule has 7 nitrogen and oxygen atoms in total. The van der Waals surface area contributed by atoms with Crippen LogP contribution in [0.4, 0.5) is 4.79 Å². The third kappa shape index (κ3) is 2.75. The zero-order valence-corrected chi connectivity index (χ0v) is 10.8. The fourth-order valence-electron chi connectivity index (χ4n) is 1.55. The molecule has 2 amide bonds. The summed E-state index contributed by atoms with van der Waals surface area (Å²) >= 11 is 0.620. The van der Waals surface area contributed by atoms with Crippen LogP contribution in [0.1, 0.15) is 5.56 Å². The molecule has 1 aromatic carbocycles. The van der Waals surface area contributed by atoms with Gasteiger partial charge in [-0.2, -0.15) is 0 Å². The molecule has 1 heterocycles. The number of aliphatic carboxylic acids is 1. The lowest BCUT2D eigenvalue weighted by atomic mass is 10.2. The number of aromatic hydroxyl groups is 2. The summed E-state index contributed by atoms with van der Waals surface area (Å²) in [4.78, 5) is 34.6. The zero-order chi connectivity index (χ0) is 14.9. The van der Waals surface area contributed by atoms with Gasteiger partial charge in [0.05, 0.1) is 4.91 Å². The Hall–Kier alpha value is -2.48. The van der Waals surface area contributed by atoms with Crippen LogP contribution in [0.5, 0.6) is 11.5 Å². The Morgan fingerprint density at radius 3 is 2.55 bits per heavy atom. The number of carboxylic acids is 1.